The van der Waals surface area contributed by atoms with Crippen molar-refractivity contribution < 1.29 is 24.5 Å². The Hall–Kier alpha value is -1.92. The van der Waals surface area contributed by atoms with Crippen molar-refractivity contribution in [3.05, 3.63) is 36.5 Å². The van der Waals surface area contributed by atoms with Crippen molar-refractivity contribution in [2.75, 3.05) is 13.2 Å². The fourth-order valence-electron chi connectivity index (χ4n) is 11.0. The average molecular weight is 1100 g/mol. The van der Waals surface area contributed by atoms with Crippen molar-refractivity contribution in [3.63, 3.8) is 0 Å². The number of hydrogen-bond donors (Lipinski definition) is 3. The van der Waals surface area contributed by atoms with E-state index in [0.717, 1.165) is 44.9 Å². The van der Waals surface area contributed by atoms with Crippen LogP contribution in [0.4, 0.5) is 0 Å². The number of ether oxygens (including phenoxy) is 1. The summed E-state index contributed by atoms with van der Waals surface area (Å²) in [5.41, 5.74) is 0. The number of aliphatic hydroxyl groups is 2. The normalized spacial score (nSPS) is 12.7. The van der Waals surface area contributed by atoms with E-state index in [0.29, 0.717) is 19.4 Å². The second-order valence-corrected chi connectivity index (χ2v) is 24.2. The largest absolute Gasteiger partial charge is 0.466 e. The van der Waals surface area contributed by atoms with Gasteiger partial charge in [0.15, 0.2) is 0 Å². The van der Waals surface area contributed by atoms with Crippen LogP contribution >= 0.6 is 0 Å². The lowest BCUT2D eigenvalue weighted by Gasteiger charge is -2.20. The number of rotatable bonds is 66. The zero-order valence-corrected chi connectivity index (χ0v) is 52.7. The fraction of sp³-hybridized carbons (Fsp3) is 0.889. The highest BCUT2D eigenvalue weighted by molar-refractivity contribution is 5.76. The monoisotopic (exact) mass is 1100 g/mol. The Morgan fingerprint density at radius 3 is 0.936 bits per heavy atom. The molecule has 0 fully saturated rings. The van der Waals surface area contributed by atoms with Crippen LogP contribution < -0.4 is 5.32 Å². The molecule has 0 bridgehead atoms. The summed E-state index contributed by atoms with van der Waals surface area (Å²) in [6.07, 6.45) is 86.5. The minimum atomic E-state index is -0.847. The molecule has 78 heavy (non-hydrogen) atoms. The van der Waals surface area contributed by atoms with E-state index in [-0.39, 0.29) is 18.5 Å². The first kappa shape index (κ1) is 76.1. The van der Waals surface area contributed by atoms with Crippen molar-refractivity contribution in [1.29, 1.82) is 0 Å². The molecule has 0 saturated heterocycles. The predicted molar refractivity (Wildman–Crippen MR) is 343 cm³/mol. The molecule has 0 aromatic carbocycles. The smallest absolute Gasteiger partial charge is 0.305 e. The number of esters is 1. The quantitative estimate of drug-likeness (QED) is 0.0320. The zero-order valence-electron chi connectivity index (χ0n) is 52.7. The number of amides is 1. The first-order chi connectivity index (χ1) is 38.5. The number of allylic oxidation sites excluding steroid dienone is 5. The van der Waals surface area contributed by atoms with Crippen LogP contribution in [0.1, 0.15) is 386 Å². The zero-order chi connectivity index (χ0) is 56.4. The lowest BCUT2D eigenvalue weighted by atomic mass is 10.0. The Morgan fingerprint density at radius 2 is 0.603 bits per heavy atom. The highest BCUT2D eigenvalue weighted by atomic mass is 16.5. The van der Waals surface area contributed by atoms with Crippen LogP contribution in [0.2, 0.25) is 0 Å². The van der Waals surface area contributed by atoms with Gasteiger partial charge in [-0.3, -0.25) is 9.59 Å². The van der Waals surface area contributed by atoms with E-state index in [1.54, 1.807) is 6.08 Å². The number of aliphatic hydroxyl groups excluding tert-OH is 2. The van der Waals surface area contributed by atoms with E-state index < -0.39 is 12.1 Å². The molecular formula is C72H137NO5. The third kappa shape index (κ3) is 63.3. The minimum absolute atomic E-state index is 0.00416. The van der Waals surface area contributed by atoms with Gasteiger partial charge in [-0.15, -0.1) is 0 Å². The molecule has 460 valence electrons. The lowest BCUT2D eigenvalue weighted by molar-refractivity contribution is -0.143. The van der Waals surface area contributed by atoms with Crippen LogP contribution in [-0.2, 0) is 14.3 Å². The number of nitrogens with one attached hydrogen (secondary N) is 1. The number of hydrogen-bond acceptors (Lipinski definition) is 5. The summed E-state index contributed by atoms with van der Waals surface area (Å²) in [7, 11) is 0. The van der Waals surface area contributed by atoms with Gasteiger partial charge in [-0.05, 0) is 83.5 Å². The van der Waals surface area contributed by atoms with Gasteiger partial charge in [0.25, 0.3) is 0 Å². The van der Waals surface area contributed by atoms with Gasteiger partial charge in [0.05, 0.1) is 25.4 Å². The first-order valence-corrected chi connectivity index (χ1v) is 35.3. The van der Waals surface area contributed by atoms with Crippen LogP contribution in [0, 0.1) is 0 Å². The van der Waals surface area contributed by atoms with E-state index in [2.05, 4.69) is 43.5 Å². The maximum atomic E-state index is 12.5. The summed E-state index contributed by atoms with van der Waals surface area (Å²) in [5.74, 6) is -0.0619. The second-order valence-electron chi connectivity index (χ2n) is 24.2. The minimum Gasteiger partial charge on any atom is -0.466 e. The molecule has 1 amide bonds. The van der Waals surface area contributed by atoms with E-state index in [1.807, 2.05) is 6.08 Å². The molecule has 0 rings (SSSR count). The molecule has 0 aliphatic rings. The molecule has 3 N–H and O–H groups in total. The van der Waals surface area contributed by atoms with Crippen molar-refractivity contribution in [1.82, 2.24) is 5.32 Å². The van der Waals surface area contributed by atoms with E-state index >= 15 is 0 Å². The molecule has 0 heterocycles. The molecule has 0 radical (unpaired) electrons. The van der Waals surface area contributed by atoms with Gasteiger partial charge >= 0.3 is 5.97 Å². The molecule has 0 aromatic rings. The fourth-order valence-corrected chi connectivity index (χ4v) is 11.0. The van der Waals surface area contributed by atoms with Crippen LogP contribution in [0.5, 0.6) is 0 Å². The van der Waals surface area contributed by atoms with E-state index in [4.69, 9.17) is 4.74 Å². The average Bonchev–Trinajstić information content (AvgIpc) is 3.44. The van der Waals surface area contributed by atoms with Gasteiger partial charge in [0.2, 0.25) is 5.91 Å². The molecule has 0 aromatic heterocycles. The van der Waals surface area contributed by atoms with Gasteiger partial charge in [-0.2, -0.15) is 0 Å². The highest BCUT2D eigenvalue weighted by Crippen LogP contribution is 2.18. The lowest BCUT2D eigenvalue weighted by Crippen LogP contribution is -2.45. The summed E-state index contributed by atoms with van der Waals surface area (Å²) in [4.78, 5) is 24.6. The van der Waals surface area contributed by atoms with E-state index in [9.17, 15) is 19.8 Å². The van der Waals surface area contributed by atoms with Crippen LogP contribution in [0.25, 0.3) is 0 Å². The Kier molecular flexibility index (Phi) is 65.9. The van der Waals surface area contributed by atoms with Crippen LogP contribution in [0.3, 0.4) is 0 Å². The summed E-state index contributed by atoms with van der Waals surface area (Å²) in [6.45, 7) is 4.91. The Morgan fingerprint density at radius 1 is 0.346 bits per heavy atom. The summed E-state index contributed by atoms with van der Waals surface area (Å²) in [5, 5.41) is 23.3. The maximum absolute atomic E-state index is 12.5. The molecule has 6 heteroatoms. The summed E-state index contributed by atoms with van der Waals surface area (Å²) < 4.78 is 5.47. The third-order valence-electron chi connectivity index (χ3n) is 16.4. The standard InChI is InChI=1S/C72H137NO5/c1-3-5-7-9-11-13-15-17-18-19-20-21-26-29-32-35-38-41-44-48-52-56-60-64-70(75)69(68-74)73-71(76)65-61-57-53-49-45-42-39-36-33-30-27-24-22-23-25-28-31-34-37-40-43-47-51-55-59-63-67-78-72(77)66-62-58-54-50-46-16-14-12-10-8-6-4-2/h12,14,22,24,60,64,69-70,74-75H,3-11,13,15-21,23,25-59,61-63,65-68H2,1-2H3,(H,73,76)/b14-12-,24-22-,64-60+. The molecular weight excluding hydrogens is 959 g/mol. The van der Waals surface area contributed by atoms with Crippen LogP contribution in [0.15, 0.2) is 36.5 Å². The van der Waals surface area contributed by atoms with Crippen molar-refractivity contribution >= 4 is 11.9 Å². The van der Waals surface area contributed by atoms with Crippen molar-refractivity contribution in [2.24, 2.45) is 0 Å². The Balaban J connectivity index is 3.43. The van der Waals surface area contributed by atoms with Gasteiger partial charge in [-0.1, -0.05) is 326 Å². The Bertz CT molecular complexity index is 1260. The van der Waals surface area contributed by atoms with Gasteiger partial charge in [-0.25, -0.2) is 0 Å². The summed E-state index contributed by atoms with van der Waals surface area (Å²) in [6, 6.07) is -0.631. The number of unbranched alkanes of at least 4 members (excludes halogenated alkanes) is 51. The molecule has 0 aliphatic heterocycles. The molecule has 6 nitrogen and oxygen atoms in total. The van der Waals surface area contributed by atoms with Gasteiger partial charge in [0, 0.05) is 12.8 Å². The Labute approximate surface area is 487 Å². The second kappa shape index (κ2) is 67.6. The van der Waals surface area contributed by atoms with Crippen LogP contribution in [-0.4, -0.2) is 47.4 Å². The topological polar surface area (TPSA) is 95.9 Å². The molecule has 0 saturated carbocycles. The van der Waals surface area contributed by atoms with Gasteiger partial charge in [0.1, 0.15) is 0 Å². The van der Waals surface area contributed by atoms with Crippen molar-refractivity contribution in [3.8, 4) is 0 Å². The van der Waals surface area contributed by atoms with E-state index in [1.165, 1.54) is 315 Å². The number of carbonyl (C=O) groups is 2. The van der Waals surface area contributed by atoms with Crippen molar-refractivity contribution in [2.45, 2.75) is 398 Å². The maximum Gasteiger partial charge on any atom is 0.305 e. The van der Waals surface area contributed by atoms with Gasteiger partial charge < -0.3 is 20.3 Å². The summed E-state index contributed by atoms with van der Waals surface area (Å²) >= 11 is 0. The third-order valence-corrected chi connectivity index (χ3v) is 16.4. The highest BCUT2D eigenvalue weighted by Gasteiger charge is 2.18. The SMILES string of the molecule is CCCCC/C=C\CCCCCCCC(=O)OCCCCCCCCCCCCCC/C=C\CCCCCCCCCCCCC(=O)NC(CO)C(O)/C=C/CCCCCCCCCCCCCCCCCCCCCCC. The number of carbonyl (C=O) groups excluding carboxylic acids is 2. The molecule has 2 atom stereocenters. The molecule has 0 spiro atoms. The first-order valence-electron chi connectivity index (χ1n) is 35.3. The predicted octanol–water partition coefficient (Wildman–Crippen LogP) is 22.7. The molecule has 0 aliphatic carbocycles. The molecule has 2 unspecified atom stereocenters.